The summed E-state index contributed by atoms with van der Waals surface area (Å²) in [6, 6.07) is 10.00. The van der Waals surface area contributed by atoms with E-state index in [-0.39, 0.29) is 23.9 Å². The zero-order chi connectivity index (χ0) is 16.1. The van der Waals surface area contributed by atoms with Gasteiger partial charge in [0.1, 0.15) is 11.6 Å². The summed E-state index contributed by atoms with van der Waals surface area (Å²) in [6.45, 7) is 1.19. The molecule has 0 aliphatic heterocycles. The van der Waals surface area contributed by atoms with Gasteiger partial charge < -0.3 is 15.8 Å². The Balaban J connectivity index is 1.93. The van der Waals surface area contributed by atoms with Gasteiger partial charge in [-0.1, -0.05) is 0 Å². The molecule has 114 valence electrons. The number of hydrogen-bond acceptors (Lipinski definition) is 4. The van der Waals surface area contributed by atoms with Gasteiger partial charge >= 0.3 is 0 Å². The van der Waals surface area contributed by atoms with Gasteiger partial charge in [-0.2, -0.15) is 0 Å². The molecule has 0 unspecified atom stereocenters. The van der Waals surface area contributed by atoms with Gasteiger partial charge in [-0.15, -0.1) is 0 Å². The third-order valence-corrected chi connectivity index (χ3v) is 2.90. The van der Waals surface area contributed by atoms with E-state index >= 15 is 0 Å². The van der Waals surface area contributed by atoms with Crippen molar-refractivity contribution in [1.82, 2.24) is 0 Å². The number of nitrogen functional groups attached to an aromatic ring is 1. The van der Waals surface area contributed by atoms with E-state index in [1.807, 2.05) is 0 Å². The van der Waals surface area contributed by atoms with Crippen molar-refractivity contribution in [3.63, 3.8) is 0 Å². The van der Waals surface area contributed by atoms with Gasteiger partial charge in [0.15, 0.2) is 12.4 Å². The number of amides is 1. The van der Waals surface area contributed by atoms with Crippen LogP contribution >= 0.6 is 0 Å². The van der Waals surface area contributed by atoms with Crippen LogP contribution in [0.4, 0.5) is 15.8 Å². The summed E-state index contributed by atoms with van der Waals surface area (Å²) in [4.78, 5) is 22.9. The molecule has 3 N–H and O–H groups in total. The van der Waals surface area contributed by atoms with Crippen molar-refractivity contribution in [1.29, 1.82) is 0 Å². The summed E-state index contributed by atoms with van der Waals surface area (Å²) < 4.78 is 18.1. The highest BCUT2D eigenvalue weighted by Gasteiger charge is 2.08. The predicted molar refractivity (Wildman–Crippen MR) is 81.4 cm³/mol. The van der Waals surface area contributed by atoms with Crippen LogP contribution in [0.1, 0.15) is 17.3 Å². The molecule has 0 heterocycles. The lowest BCUT2D eigenvalue weighted by atomic mass is 10.1. The zero-order valence-corrected chi connectivity index (χ0v) is 11.9. The Morgan fingerprint density at radius 2 is 1.86 bits per heavy atom. The van der Waals surface area contributed by atoms with Crippen molar-refractivity contribution in [2.75, 3.05) is 17.7 Å². The summed E-state index contributed by atoms with van der Waals surface area (Å²) in [5.41, 5.74) is 6.98. The highest BCUT2D eigenvalue weighted by Crippen LogP contribution is 2.22. The second-order valence-corrected chi connectivity index (χ2v) is 4.65. The minimum Gasteiger partial charge on any atom is -0.482 e. The molecule has 0 saturated carbocycles. The Morgan fingerprint density at radius 3 is 2.45 bits per heavy atom. The fraction of sp³-hybridized carbons (Fsp3) is 0.125. The Hall–Kier alpha value is -2.89. The van der Waals surface area contributed by atoms with Gasteiger partial charge in [-0.25, -0.2) is 4.39 Å². The first-order valence-corrected chi connectivity index (χ1v) is 6.54. The van der Waals surface area contributed by atoms with Crippen LogP contribution in [0.5, 0.6) is 5.75 Å². The molecule has 2 aromatic rings. The molecule has 0 radical (unpaired) electrons. The van der Waals surface area contributed by atoms with Crippen molar-refractivity contribution in [3.05, 3.63) is 53.8 Å². The number of nitrogens with one attached hydrogen (secondary N) is 1. The molecular weight excluding hydrogens is 287 g/mol. The molecule has 0 aromatic heterocycles. The average Bonchev–Trinajstić information content (AvgIpc) is 2.48. The second kappa shape index (κ2) is 6.71. The van der Waals surface area contributed by atoms with E-state index in [4.69, 9.17) is 10.5 Å². The van der Waals surface area contributed by atoms with E-state index < -0.39 is 5.91 Å². The van der Waals surface area contributed by atoms with Crippen molar-refractivity contribution in [2.45, 2.75) is 6.92 Å². The Labute approximate surface area is 126 Å². The molecule has 6 heteroatoms. The lowest BCUT2D eigenvalue weighted by Gasteiger charge is -2.10. The first kappa shape index (κ1) is 15.5. The summed E-state index contributed by atoms with van der Waals surface area (Å²) in [7, 11) is 0. The minimum atomic E-state index is -0.401. The summed E-state index contributed by atoms with van der Waals surface area (Å²) in [5, 5.41) is 2.56. The molecule has 0 bridgehead atoms. The largest absolute Gasteiger partial charge is 0.482 e. The van der Waals surface area contributed by atoms with Crippen molar-refractivity contribution < 1.29 is 18.7 Å². The normalized spacial score (nSPS) is 10.1. The van der Waals surface area contributed by atoms with Crippen LogP contribution in [0, 0.1) is 5.82 Å². The standard InChI is InChI=1S/C16H15FN2O3/c1-10(20)11-2-7-15(14(18)8-11)22-9-16(21)19-13-5-3-12(17)4-6-13/h2-8H,9,18H2,1H3,(H,19,21). The fourth-order valence-corrected chi connectivity index (χ4v) is 1.77. The number of ketones is 1. The number of carbonyl (C=O) groups excluding carboxylic acids is 2. The number of nitrogens with two attached hydrogens (primary N) is 1. The van der Waals surface area contributed by atoms with Crippen LogP contribution in [0.3, 0.4) is 0 Å². The van der Waals surface area contributed by atoms with Gasteiger partial charge in [0.25, 0.3) is 5.91 Å². The molecule has 0 aliphatic rings. The average molecular weight is 302 g/mol. The lowest BCUT2D eigenvalue weighted by Crippen LogP contribution is -2.20. The maximum atomic E-state index is 12.8. The van der Waals surface area contributed by atoms with Crippen LogP contribution in [0.25, 0.3) is 0 Å². The molecule has 0 saturated heterocycles. The smallest absolute Gasteiger partial charge is 0.262 e. The number of halogens is 1. The third kappa shape index (κ3) is 4.05. The number of Topliss-reactive ketones (excluding diaryl/α,β-unsaturated/α-hetero) is 1. The van der Waals surface area contributed by atoms with Crippen molar-refractivity contribution in [2.24, 2.45) is 0 Å². The molecule has 5 nitrogen and oxygen atoms in total. The number of benzene rings is 2. The minimum absolute atomic E-state index is 0.104. The molecule has 1 amide bonds. The van der Waals surface area contributed by atoms with E-state index in [0.29, 0.717) is 17.0 Å². The topological polar surface area (TPSA) is 81.4 Å². The van der Waals surface area contributed by atoms with Gasteiger partial charge in [0, 0.05) is 11.3 Å². The number of anilines is 2. The van der Waals surface area contributed by atoms with E-state index in [9.17, 15) is 14.0 Å². The van der Waals surface area contributed by atoms with Gasteiger partial charge in [0.2, 0.25) is 0 Å². The highest BCUT2D eigenvalue weighted by molar-refractivity contribution is 5.95. The van der Waals surface area contributed by atoms with Crippen LogP contribution in [-0.4, -0.2) is 18.3 Å². The fourth-order valence-electron chi connectivity index (χ4n) is 1.77. The van der Waals surface area contributed by atoms with E-state index in [2.05, 4.69) is 5.32 Å². The molecule has 0 aliphatic carbocycles. The number of hydrogen-bond donors (Lipinski definition) is 2. The number of carbonyl (C=O) groups is 2. The Kier molecular flexibility index (Phi) is 4.73. The molecule has 0 atom stereocenters. The van der Waals surface area contributed by atoms with E-state index in [1.165, 1.54) is 43.3 Å². The van der Waals surface area contributed by atoms with Crippen molar-refractivity contribution >= 4 is 23.1 Å². The molecule has 22 heavy (non-hydrogen) atoms. The highest BCUT2D eigenvalue weighted by atomic mass is 19.1. The van der Waals surface area contributed by atoms with Crippen molar-refractivity contribution in [3.8, 4) is 5.75 Å². The van der Waals surface area contributed by atoms with Crippen LogP contribution < -0.4 is 15.8 Å². The predicted octanol–water partition coefficient (Wildman–Crippen LogP) is 2.63. The van der Waals surface area contributed by atoms with Crippen LogP contribution in [0.15, 0.2) is 42.5 Å². The van der Waals surface area contributed by atoms with Crippen LogP contribution in [-0.2, 0) is 4.79 Å². The zero-order valence-electron chi connectivity index (χ0n) is 11.9. The molecule has 2 aromatic carbocycles. The molecule has 0 fully saturated rings. The number of rotatable bonds is 5. The maximum Gasteiger partial charge on any atom is 0.262 e. The maximum absolute atomic E-state index is 12.8. The Bertz CT molecular complexity index is 699. The molecular formula is C16H15FN2O3. The van der Waals surface area contributed by atoms with E-state index in [1.54, 1.807) is 6.07 Å². The van der Waals surface area contributed by atoms with E-state index in [0.717, 1.165) is 0 Å². The Morgan fingerprint density at radius 1 is 1.18 bits per heavy atom. The second-order valence-electron chi connectivity index (χ2n) is 4.65. The van der Waals surface area contributed by atoms with Gasteiger partial charge in [-0.05, 0) is 49.4 Å². The summed E-state index contributed by atoms with van der Waals surface area (Å²) in [6.07, 6.45) is 0. The molecule has 0 spiro atoms. The SMILES string of the molecule is CC(=O)c1ccc(OCC(=O)Nc2ccc(F)cc2)c(N)c1. The quantitative estimate of drug-likeness (QED) is 0.657. The van der Waals surface area contributed by atoms with Crippen LogP contribution in [0.2, 0.25) is 0 Å². The summed E-state index contributed by atoms with van der Waals surface area (Å²) >= 11 is 0. The summed E-state index contributed by atoms with van der Waals surface area (Å²) in [5.74, 6) is -0.569. The first-order valence-electron chi connectivity index (χ1n) is 6.54. The lowest BCUT2D eigenvalue weighted by molar-refractivity contribution is -0.118. The molecule has 2 rings (SSSR count). The van der Waals surface area contributed by atoms with Gasteiger partial charge in [0.05, 0.1) is 5.69 Å². The van der Waals surface area contributed by atoms with Gasteiger partial charge in [-0.3, -0.25) is 9.59 Å². The number of ether oxygens (including phenoxy) is 1. The third-order valence-electron chi connectivity index (χ3n) is 2.90. The first-order chi connectivity index (χ1) is 10.5. The monoisotopic (exact) mass is 302 g/mol.